The maximum Gasteiger partial charge on any atom is 0.265 e. The van der Waals surface area contributed by atoms with Crippen molar-refractivity contribution in [2.75, 3.05) is 13.7 Å². The molecule has 2 rings (SSSR count). The molecule has 2 atom stereocenters. The minimum atomic E-state index is -1.08. The highest BCUT2D eigenvalue weighted by Crippen LogP contribution is 2.23. The standard InChI is InChI=1S/C25H35N5O4/c1-4-6-9-21(31)28-15-7-8-18(5-2)30-16-14-20(22(26)24(27)32)23(25(30)33)29-17-10-12-19(34-3)13-11-17/h5,7,10-13,15,18,25,33H,2,4,6,8-9,14,16,26H2,1,3H3,(H2,27,32)(H,28,31)/p+1/b15-7+,22-20?,29-23?. The third-order valence-corrected chi connectivity index (χ3v) is 5.67. The van der Waals surface area contributed by atoms with E-state index >= 15 is 0 Å². The van der Waals surface area contributed by atoms with Crippen molar-refractivity contribution >= 4 is 23.2 Å². The number of amides is 2. The van der Waals surface area contributed by atoms with Gasteiger partial charge in [-0.2, -0.15) is 0 Å². The summed E-state index contributed by atoms with van der Waals surface area (Å²) in [7, 11) is 1.58. The molecule has 1 heterocycles. The van der Waals surface area contributed by atoms with E-state index in [1.165, 1.54) is 0 Å². The molecular formula is C25H36N5O4+. The normalized spacial score (nSPS) is 20.2. The molecule has 1 aromatic carbocycles. The summed E-state index contributed by atoms with van der Waals surface area (Å²) in [4.78, 5) is 28.6. The summed E-state index contributed by atoms with van der Waals surface area (Å²) in [6.07, 6.45) is 7.35. The number of unbranched alkanes of at least 4 members (excludes halogenated alkanes) is 1. The third-order valence-electron chi connectivity index (χ3n) is 5.67. The Hall–Kier alpha value is -3.43. The maximum atomic E-state index is 11.8. The van der Waals surface area contributed by atoms with Crippen molar-refractivity contribution in [1.82, 2.24) is 10.2 Å². The zero-order valence-electron chi connectivity index (χ0n) is 19.9. The maximum absolute atomic E-state index is 11.8. The van der Waals surface area contributed by atoms with Gasteiger partial charge in [0.25, 0.3) is 5.91 Å². The molecule has 0 radical (unpaired) electrons. The van der Waals surface area contributed by atoms with Gasteiger partial charge in [-0.15, -0.1) is 6.58 Å². The van der Waals surface area contributed by atoms with E-state index in [4.69, 9.17) is 16.2 Å². The highest BCUT2D eigenvalue weighted by molar-refractivity contribution is 6.07. The molecule has 1 aliphatic heterocycles. The average molecular weight is 471 g/mol. The minimum Gasteiger partial charge on any atom is -0.497 e. The number of carbonyl (C=O) groups excluding carboxylic acids is 2. The molecule has 0 bridgehead atoms. The molecule has 9 nitrogen and oxygen atoms in total. The van der Waals surface area contributed by atoms with Crippen LogP contribution in [-0.2, 0) is 9.59 Å². The minimum absolute atomic E-state index is 0.0257. The SMILES string of the molecule is C=CC(C/C=C/NC(=O)CCCC)N1CCC(=C(N)C(N)=O)C(=[NH+]c2ccc(OC)cc2)C1O. The van der Waals surface area contributed by atoms with Crippen LogP contribution in [0.3, 0.4) is 0 Å². The van der Waals surface area contributed by atoms with E-state index in [1.54, 1.807) is 43.7 Å². The molecular weight excluding hydrogens is 434 g/mol. The Morgan fingerprint density at radius 2 is 2.06 bits per heavy atom. The molecule has 184 valence electrons. The first-order valence-electron chi connectivity index (χ1n) is 11.4. The van der Waals surface area contributed by atoms with E-state index in [0.29, 0.717) is 48.5 Å². The molecule has 34 heavy (non-hydrogen) atoms. The number of hydrogen-bond acceptors (Lipinski definition) is 6. The Balaban J connectivity index is 2.25. The molecule has 1 aliphatic rings. The number of nitrogens with two attached hydrogens (primary N) is 2. The summed E-state index contributed by atoms with van der Waals surface area (Å²) in [5.74, 6) is -0.0805. The number of benzene rings is 1. The van der Waals surface area contributed by atoms with E-state index in [0.717, 1.165) is 12.8 Å². The van der Waals surface area contributed by atoms with Crippen LogP contribution in [0.15, 0.2) is 60.5 Å². The molecule has 1 fully saturated rings. The third kappa shape index (κ3) is 7.29. The molecule has 1 aromatic rings. The number of nitrogens with zero attached hydrogens (tertiary/aromatic N) is 1. The fraction of sp³-hybridized carbons (Fsp3) is 0.400. The van der Waals surface area contributed by atoms with E-state index < -0.39 is 12.1 Å². The highest BCUT2D eigenvalue weighted by Gasteiger charge is 2.38. The number of methoxy groups -OCH3 is 1. The van der Waals surface area contributed by atoms with Crippen LogP contribution in [0.1, 0.15) is 39.0 Å². The molecule has 0 spiro atoms. The van der Waals surface area contributed by atoms with Crippen LogP contribution in [-0.4, -0.2) is 53.5 Å². The van der Waals surface area contributed by atoms with Crippen molar-refractivity contribution in [3.63, 3.8) is 0 Å². The Morgan fingerprint density at radius 3 is 2.65 bits per heavy atom. The lowest BCUT2D eigenvalue weighted by molar-refractivity contribution is -0.361. The van der Waals surface area contributed by atoms with Crippen LogP contribution < -0.4 is 26.5 Å². The molecule has 1 saturated heterocycles. The van der Waals surface area contributed by atoms with Gasteiger partial charge in [0.2, 0.25) is 17.3 Å². The van der Waals surface area contributed by atoms with Crippen LogP contribution in [0.25, 0.3) is 0 Å². The van der Waals surface area contributed by atoms with Gasteiger partial charge in [-0.1, -0.05) is 25.5 Å². The van der Waals surface area contributed by atoms with Gasteiger partial charge in [-0.25, -0.2) is 4.99 Å². The lowest BCUT2D eigenvalue weighted by Crippen LogP contribution is -2.74. The number of primary amides is 1. The number of rotatable bonds is 11. The quantitative estimate of drug-likeness (QED) is 0.233. The number of ether oxygens (including phenoxy) is 1. The Morgan fingerprint density at radius 1 is 1.35 bits per heavy atom. The first-order chi connectivity index (χ1) is 16.3. The highest BCUT2D eigenvalue weighted by atomic mass is 16.5. The monoisotopic (exact) mass is 470 g/mol. The summed E-state index contributed by atoms with van der Waals surface area (Å²) in [5.41, 5.74) is 12.9. The topological polar surface area (TPSA) is 145 Å². The van der Waals surface area contributed by atoms with E-state index in [2.05, 4.69) is 16.9 Å². The predicted octanol–water partition coefficient (Wildman–Crippen LogP) is 0.335. The second-order valence-corrected chi connectivity index (χ2v) is 8.00. The van der Waals surface area contributed by atoms with E-state index in [9.17, 15) is 14.7 Å². The Kier molecular flexibility index (Phi) is 10.5. The first kappa shape index (κ1) is 26.8. The van der Waals surface area contributed by atoms with Gasteiger partial charge in [0, 0.05) is 31.1 Å². The Labute approximate surface area is 200 Å². The van der Waals surface area contributed by atoms with Gasteiger partial charge in [0.15, 0.2) is 6.23 Å². The zero-order valence-corrected chi connectivity index (χ0v) is 19.9. The molecule has 7 N–H and O–H groups in total. The lowest BCUT2D eigenvalue weighted by Gasteiger charge is -2.36. The van der Waals surface area contributed by atoms with Crippen molar-refractivity contribution in [2.45, 2.75) is 51.3 Å². The van der Waals surface area contributed by atoms with Crippen LogP contribution in [0.2, 0.25) is 0 Å². The molecule has 9 heteroatoms. The number of aliphatic hydroxyl groups is 1. The van der Waals surface area contributed by atoms with Crippen molar-refractivity contribution in [3.8, 4) is 5.75 Å². The number of piperidine rings is 1. The predicted molar refractivity (Wildman–Crippen MR) is 132 cm³/mol. The number of carbonyl (C=O) groups is 2. The average Bonchev–Trinajstić information content (AvgIpc) is 2.84. The number of aliphatic hydroxyl groups excluding tert-OH is 1. The summed E-state index contributed by atoms with van der Waals surface area (Å²) < 4.78 is 5.19. The second-order valence-electron chi connectivity index (χ2n) is 8.00. The van der Waals surface area contributed by atoms with Gasteiger partial charge in [0.05, 0.1) is 12.7 Å². The number of likely N-dealkylation sites (tertiary alicyclic amines) is 1. The molecule has 2 amide bonds. The van der Waals surface area contributed by atoms with Crippen LogP contribution in [0, 0.1) is 0 Å². The van der Waals surface area contributed by atoms with Gasteiger partial charge in [0.1, 0.15) is 11.4 Å². The van der Waals surface area contributed by atoms with Crippen molar-refractivity contribution in [2.24, 2.45) is 11.5 Å². The molecule has 0 saturated carbocycles. The van der Waals surface area contributed by atoms with Crippen LogP contribution in [0.4, 0.5) is 5.69 Å². The van der Waals surface area contributed by atoms with E-state index in [1.807, 2.05) is 17.9 Å². The van der Waals surface area contributed by atoms with E-state index in [-0.39, 0.29) is 17.6 Å². The smallest absolute Gasteiger partial charge is 0.265 e. The largest absolute Gasteiger partial charge is 0.497 e. The van der Waals surface area contributed by atoms with Crippen LogP contribution in [0.5, 0.6) is 5.75 Å². The first-order valence-corrected chi connectivity index (χ1v) is 11.4. The summed E-state index contributed by atoms with van der Waals surface area (Å²) in [6, 6.07) is 6.93. The summed E-state index contributed by atoms with van der Waals surface area (Å²) in [5, 5.41) is 14.0. The number of hydrogen-bond donors (Lipinski definition) is 5. The summed E-state index contributed by atoms with van der Waals surface area (Å²) >= 11 is 0. The fourth-order valence-electron chi connectivity index (χ4n) is 3.70. The van der Waals surface area contributed by atoms with Gasteiger partial charge >= 0.3 is 0 Å². The number of nitrogens with one attached hydrogen (secondary N) is 2. The second kappa shape index (κ2) is 13.3. The van der Waals surface area contributed by atoms with Gasteiger partial charge in [-0.05, 0) is 37.6 Å². The zero-order chi connectivity index (χ0) is 25.1. The van der Waals surface area contributed by atoms with Crippen molar-refractivity contribution in [1.29, 1.82) is 0 Å². The van der Waals surface area contributed by atoms with Crippen molar-refractivity contribution < 1.29 is 24.4 Å². The Bertz CT molecular complexity index is 953. The van der Waals surface area contributed by atoms with Gasteiger partial charge < -0.3 is 26.6 Å². The fourth-order valence-corrected chi connectivity index (χ4v) is 3.70. The van der Waals surface area contributed by atoms with Crippen LogP contribution >= 0.6 is 0 Å². The van der Waals surface area contributed by atoms with Gasteiger partial charge in [-0.3, -0.25) is 14.5 Å². The summed E-state index contributed by atoms with van der Waals surface area (Å²) in [6.45, 7) is 6.38. The molecule has 2 unspecified atom stereocenters. The molecule has 0 aromatic heterocycles. The molecule has 0 aliphatic carbocycles. The lowest BCUT2D eigenvalue weighted by atomic mass is 9.95. The van der Waals surface area contributed by atoms with Crippen molar-refractivity contribution in [3.05, 3.63) is 60.5 Å².